The highest BCUT2D eigenvalue weighted by molar-refractivity contribution is 5.79. The first-order valence-electron chi connectivity index (χ1n) is 11.8. The summed E-state index contributed by atoms with van der Waals surface area (Å²) in [5.41, 5.74) is 3.56. The van der Waals surface area contributed by atoms with Gasteiger partial charge in [-0.15, -0.1) is 0 Å². The van der Waals surface area contributed by atoms with Crippen molar-refractivity contribution in [1.29, 1.82) is 0 Å². The van der Waals surface area contributed by atoms with Crippen LogP contribution < -0.4 is 5.56 Å². The summed E-state index contributed by atoms with van der Waals surface area (Å²) >= 11 is 0. The number of aliphatic hydroxyl groups is 1. The molecule has 0 spiro atoms. The summed E-state index contributed by atoms with van der Waals surface area (Å²) in [5.74, 6) is -0.220. The number of aliphatic hydroxyl groups excluding tert-OH is 1. The van der Waals surface area contributed by atoms with E-state index in [2.05, 4.69) is 0 Å². The van der Waals surface area contributed by atoms with Crippen molar-refractivity contribution in [2.75, 3.05) is 13.2 Å². The SMILES string of the molecule is C[C@@H](c1ccc(-c2ccc(=O)n(C)c2)cc1)N1CC[C@@](CCCO)(c2ccc(F)cc2)CC1=O. The number of carbonyl (C=O) groups is 1. The predicted octanol–water partition coefficient (Wildman–Crippen LogP) is 4.59. The zero-order valence-electron chi connectivity index (χ0n) is 19.7. The Morgan fingerprint density at radius 3 is 2.29 bits per heavy atom. The molecule has 0 radical (unpaired) electrons. The molecule has 0 bridgehead atoms. The molecule has 34 heavy (non-hydrogen) atoms. The molecule has 1 aliphatic rings. The topological polar surface area (TPSA) is 62.5 Å². The van der Waals surface area contributed by atoms with Gasteiger partial charge in [-0.2, -0.15) is 0 Å². The van der Waals surface area contributed by atoms with Crippen LogP contribution in [0.4, 0.5) is 4.39 Å². The Kier molecular flexibility index (Phi) is 6.98. The molecule has 0 saturated carbocycles. The van der Waals surface area contributed by atoms with Gasteiger partial charge in [0.25, 0.3) is 0 Å². The van der Waals surface area contributed by atoms with Crippen LogP contribution in [0, 0.1) is 5.82 Å². The van der Waals surface area contributed by atoms with Crippen molar-refractivity contribution in [1.82, 2.24) is 9.47 Å². The van der Waals surface area contributed by atoms with Crippen molar-refractivity contribution in [3.63, 3.8) is 0 Å². The van der Waals surface area contributed by atoms with Crippen molar-refractivity contribution >= 4 is 5.91 Å². The molecule has 2 atom stereocenters. The second kappa shape index (κ2) is 9.94. The summed E-state index contributed by atoms with van der Waals surface area (Å²) in [7, 11) is 1.73. The maximum absolute atomic E-state index is 13.5. The third kappa shape index (κ3) is 4.82. The lowest BCUT2D eigenvalue weighted by atomic mass is 9.69. The number of hydrogen-bond donors (Lipinski definition) is 1. The number of hydrogen-bond acceptors (Lipinski definition) is 3. The smallest absolute Gasteiger partial charge is 0.250 e. The molecule has 1 N–H and O–H groups in total. The number of amides is 1. The average molecular weight is 463 g/mol. The molecule has 6 heteroatoms. The normalized spacial score (nSPS) is 19.3. The highest BCUT2D eigenvalue weighted by atomic mass is 19.1. The number of benzene rings is 2. The number of rotatable bonds is 7. The third-order valence-electron chi connectivity index (χ3n) is 7.19. The average Bonchev–Trinajstić information content (AvgIpc) is 2.84. The predicted molar refractivity (Wildman–Crippen MR) is 131 cm³/mol. The van der Waals surface area contributed by atoms with Crippen LogP contribution in [0.15, 0.2) is 71.7 Å². The summed E-state index contributed by atoms with van der Waals surface area (Å²) in [6.07, 6.45) is 4.23. The molecule has 0 unspecified atom stereocenters. The number of likely N-dealkylation sites (tertiary alicyclic amines) is 1. The van der Waals surface area contributed by atoms with Crippen LogP contribution in [0.2, 0.25) is 0 Å². The van der Waals surface area contributed by atoms with Gasteiger partial charge in [0, 0.05) is 44.3 Å². The second-order valence-corrected chi connectivity index (χ2v) is 9.29. The van der Waals surface area contributed by atoms with Crippen molar-refractivity contribution < 1.29 is 14.3 Å². The fourth-order valence-corrected chi connectivity index (χ4v) is 5.07. The van der Waals surface area contributed by atoms with Gasteiger partial charge in [0.15, 0.2) is 0 Å². The third-order valence-corrected chi connectivity index (χ3v) is 7.19. The van der Waals surface area contributed by atoms with Crippen LogP contribution in [0.3, 0.4) is 0 Å². The van der Waals surface area contributed by atoms with Crippen LogP contribution in [0.1, 0.15) is 49.8 Å². The van der Waals surface area contributed by atoms with E-state index in [9.17, 15) is 19.1 Å². The second-order valence-electron chi connectivity index (χ2n) is 9.29. The van der Waals surface area contributed by atoms with E-state index < -0.39 is 0 Å². The lowest BCUT2D eigenvalue weighted by molar-refractivity contribution is -0.138. The minimum atomic E-state index is -0.378. The molecule has 1 amide bonds. The lowest BCUT2D eigenvalue weighted by Gasteiger charge is -2.44. The number of aromatic nitrogens is 1. The van der Waals surface area contributed by atoms with Gasteiger partial charge in [-0.25, -0.2) is 4.39 Å². The fraction of sp³-hybridized carbons (Fsp3) is 0.357. The van der Waals surface area contributed by atoms with E-state index in [1.807, 2.05) is 48.4 Å². The van der Waals surface area contributed by atoms with Crippen LogP contribution in [-0.2, 0) is 17.3 Å². The first-order valence-corrected chi connectivity index (χ1v) is 11.8. The van der Waals surface area contributed by atoms with E-state index in [0.717, 1.165) is 28.7 Å². The molecule has 2 heterocycles. The first-order chi connectivity index (χ1) is 16.3. The molecular formula is C28H31FN2O3. The van der Waals surface area contributed by atoms with Gasteiger partial charge in [0.2, 0.25) is 11.5 Å². The van der Waals surface area contributed by atoms with Crippen molar-refractivity contribution in [2.45, 2.75) is 44.1 Å². The summed E-state index contributed by atoms with van der Waals surface area (Å²) in [5, 5.41) is 9.42. The van der Waals surface area contributed by atoms with Gasteiger partial charge >= 0.3 is 0 Å². The number of nitrogens with zero attached hydrogens (tertiary/aromatic N) is 2. The molecular weight excluding hydrogens is 431 g/mol. The Morgan fingerprint density at radius 1 is 1.00 bits per heavy atom. The monoisotopic (exact) mass is 462 g/mol. The van der Waals surface area contributed by atoms with Crippen LogP contribution >= 0.6 is 0 Å². The number of aryl methyl sites for hydroxylation is 1. The molecule has 0 aliphatic carbocycles. The molecule has 178 valence electrons. The van der Waals surface area contributed by atoms with E-state index in [0.29, 0.717) is 25.8 Å². The Morgan fingerprint density at radius 2 is 1.68 bits per heavy atom. The number of pyridine rings is 1. The Labute approximate surface area is 199 Å². The molecule has 1 aromatic heterocycles. The van der Waals surface area contributed by atoms with E-state index in [1.54, 1.807) is 29.8 Å². The quantitative estimate of drug-likeness (QED) is 0.559. The maximum Gasteiger partial charge on any atom is 0.250 e. The Hall–Kier alpha value is -3.25. The Balaban J connectivity index is 1.52. The summed E-state index contributed by atoms with van der Waals surface area (Å²) in [4.78, 5) is 26.9. The lowest BCUT2D eigenvalue weighted by Crippen LogP contribution is -2.47. The van der Waals surface area contributed by atoms with Crippen LogP contribution in [0.5, 0.6) is 0 Å². The standard InChI is InChI=1S/C28H31FN2O3/c1-20(21-4-6-22(7-5-21)23-8-13-26(33)30(2)19-23)31-16-15-28(14-3-17-32,18-27(31)34)24-9-11-25(29)12-10-24/h4-13,19-20,32H,3,14-18H2,1-2H3/t20-,28+/m0/s1. The highest BCUT2D eigenvalue weighted by Gasteiger charge is 2.41. The molecule has 1 aliphatic heterocycles. The van der Waals surface area contributed by atoms with E-state index in [1.165, 1.54) is 12.1 Å². The molecule has 4 rings (SSSR count). The molecule has 3 aromatic rings. The van der Waals surface area contributed by atoms with Crippen molar-refractivity contribution in [3.05, 3.63) is 94.2 Å². The molecule has 1 fully saturated rings. The van der Waals surface area contributed by atoms with Gasteiger partial charge in [-0.3, -0.25) is 9.59 Å². The largest absolute Gasteiger partial charge is 0.396 e. The van der Waals surface area contributed by atoms with E-state index in [4.69, 9.17) is 0 Å². The summed E-state index contributed by atoms with van der Waals surface area (Å²) in [6, 6.07) is 17.8. The number of halogens is 1. The van der Waals surface area contributed by atoms with Gasteiger partial charge in [0.1, 0.15) is 5.82 Å². The molecule has 2 aromatic carbocycles. The van der Waals surface area contributed by atoms with E-state index >= 15 is 0 Å². The number of piperidine rings is 1. The zero-order valence-corrected chi connectivity index (χ0v) is 19.7. The van der Waals surface area contributed by atoms with Gasteiger partial charge in [-0.05, 0) is 66.6 Å². The Bertz CT molecular complexity index is 1200. The minimum absolute atomic E-state index is 0.0479. The van der Waals surface area contributed by atoms with Crippen LogP contribution in [0.25, 0.3) is 11.1 Å². The molecule has 5 nitrogen and oxygen atoms in total. The van der Waals surface area contributed by atoms with Crippen LogP contribution in [-0.4, -0.2) is 33.6 Å². The fourth-order valence-electron chi connectivity index (χ4n) is 5.07. The summed E-state index contributed by atoms with van der Waals surface area (Å²) in [6.45, 7) is 2.71. The first kappa shape index (κ1) is 23.9. The maximum atomic E-state index is 13.5. The minimum Gasteiger partial charge on any atom is -0.396 e. The highest BCUT2D eigenvalue weighted by Crippen LogP contribution is 2.42. The zero-order chi connectivity index (χ0) is 24.3. The number of carbonyl (C=O) groups excluding carboxylic acids is 1. The van der Waals surface area contributed by atoms with E-state index in [-0.39, 0.29) is 35.3 Å². The summed E-state index contributed by atoms with van der Waals surface area (Å²) < 4.78 is 15.1. The van der Waals surface area contributed by atoms with Gasteiger partial charge in [0.05, 0.1) is 6.04 Å². The van der Waals surface area contributed by atoms with Gasteiger partial charge in [-0.1, -0.05) is 36.4 Å². The molecule has 1 saturated heterocycles. The van der Waals surface area contributed by atoms with Crippen molar-refractivity contribution in [3.8, 4) is 11.1 Å². The van der Waals surface area contributed by atoms with Crippen molar-refractivity contribution in [2.24, 2.45) is 7.05 Å². The van der Waals surface area contributed by atoms with Gasteiger partial charge < -0.3 is 14.6 Å².